The van der Waals surface area contributed by atoms with Gasteiger partial charge in [-0.3, -0.25) is 14.4 Å². The van der Waals surface area contributed by atoms with Crippen molar-refractivity contribution in [1.29, 1.82) is 0 Å². The zero-order chi connectivity index (χ0) is 19.5. The molecule has 3 N–H and O–H groups in total. The number of hydrogen-bond acceptors (Lipinski definition) is 3. The van der Waals surface area contributed by atoms with Gasteiger partial charge in [-0.15, -0.1) is 0 Å². The third-order valence-electron chi connectivity index (χ3n) is 3.94. The highest BCUT2D eigenvalue weighted by molar-refractivity contribution is 5.98. The van der Waals surface area contributed by atoms with Crippen LogP contribution in [-0.2, 0) is 16.0 Å². The molecular weight excluding hydrogens is 342 g/mol. The van der Waals surface area contributed by atoms with Crippen LogP contribution in [0.3, 0.4) is 0 Å². The molecular formula is C21H25N3O3. The van der Waals surface area contributed by atoms with Crippen LogP contribution in [0.5, 0.6) is 0 Å². The predicted molar refractivity (Wildman–Crippen MR) is 104 cm³/mol. The second-order valence-electron chi connectivity index (χ2n) is 6.15. The van der Waals surface area contributed by atoms with Crippen LogP contribution in [0.2, 0.25) is 0 Å². The van der Waals surface area contributed by atoms with Gasteiger partial charge in [-0.05, 0) is 24.1 Å². The first-order chi connectivity index (χ1) is 13.1. The Morgan fingerprint density at radius 2 is 1.52 bits per heavy atom. The van der Waals surface area contributed by atoms with E-state index >= 15 is 0 Å². The van der Waals surface area contributed by atoms with Gasteiger partial charge in [0, 0.05) is 18.5 Å². The molecule has 0 saturated heterocycles. The van der Waals surface area contributed by atoms with Crippen LogP contribution in [0.4, 0.5) is 0 Å². The fraction of sp³-hybridized carbons (Fsp3) is 0.286. The fourth-order valence-corrected chi connectivity index (χ4v) is 2.51. The number of carbonyl (C=O) groups excluding carboxylic acids is 3. The molecule has 0 aromatic heterocycles. The van der Waals surface area contributed by atoms with Gasteiger partial charge in [0.05, 0.1) is 6.54 Å². The first kappa shape index (κ1) is 20.2. The minimum atomic E-state index is -0.779. The topological polar surface area (TPSA) is 87.3 Å². The van der Waals surface area contributed by atoms with E-state index in [0.29, 0.717) is 18.5 Å². The molecule has 142 valence electrons. The standard InChI is InChI=1S/C21H25N3O3/c1-2-13-22-19(25)15-23-21(27)18(14-16-9-5-3-6-10-16)24-20(26)17-11-7-4-8-12-17/h3-12,18H,2,13-15H2,1H3,(H,22,25)(H,23,27)(H,24,26)/t18-/m1/s1. The van der Waals surface area contributed by atoms with Gasteiger partial charge in [0.1, 0.15) is 6.04 Å². The normalized spacial score (nSPS) is 11.3. The summed E-state index contributed by atoms with van der Waals surface area (Å²) in [6.45, 7) is 2.39. The summed E-state index contributed by atoms with van der Waals surface area (Å²) in [6.07, 6.45) is 1.16. The van der Waals surface area contributed by atoms with Gasteiger partial charge in [-0.2, -0.15) is 0 Å². The lowest BCUT2D eigenvalue weighted by atomic mass is 10.0. The molecule has 2 aromatic carbocycles. The maximum Gasteiger partial charge on any atom is 0.251 e. The molecule has 0 heterocycles. The molecule has 0 radical (unpaired) electrons. The molecule has 0 saturated carbocycles. The maximum absolute atomic E-state index is 12.6. The van der Waals surface area contributed by atoms with Gasteiger partial charge in [-0.25, -0.2) is 0 Å². The number of benzene rings is 2. The summed E-state index contributed by atoms with van der Waals surface area (Å²) in [5.74, 6) is -0.977. The van der Waals surface area contributed by atoms with E-state index in [9.17, 15) is 14.4 Å². The Hall–Kier alpha value is -3.15. The molecule has 6 nitrogen and oxygen atoms in total. The molecule has 3 amide bonds. The molecule has 6 heteroatoms. The van der Waals surface area contributed by atoms with Crippen LogP contribution in [0, 0.1) is 0 Å². The Morgan fingerprint density at radius 3 is 2.15 bits per heavy atom. The average molecular weight is 367 g/mol. The van der Waals surface area contributed by atoms with E-state index in [1.807, 2.05) is 43.3 Å². The summed E-state index contributed by atoms with van der Waals surface area (Å²) in [6, 6.07) is 17.4. The van der Waals surface area contributed by atoms with E-state index < -0.39 is 11.9 Å². The molecule has 2 rings (SSSR count). The van der Waals surface area contributed by atoms with Crippen molar-refractivity contribution in [2.45, 2.75) is 25.8 Å². The van der Waals surface area contributed by atoms with Gasteiger partial charge in [0.15, 0.2) is 0 Å². The fourth-order valence-electron chi connectivity index (χ4n) is 2.51. The van der Waals surface area contributed by atoms with E-state index in [1.165, 1.54) is 0 Å². The van der Waals surface area contributed by atoms with Crippen LogP contribution < -0.4 is 16.0 Å². The average Bonchev–Trinajstić information content (AvgIpc) is 2.71. The van der Waals surface area contributed by atoms with Gasteiger partial charge >= 0.3 is 0 Å². The van der Waals surface area contributed by atoms with E-state index in [1.54, 1.807) is 24.3 Å². The summed E-state index contributed by atoms with van der Waals surface area (Å²) in [5.41, 5.74) is 1.39. The minimum absolute atomic E-state index is 0.120. The Balaban J connectivity index is 2.03. The van der Waals surface area contributed by atoms with Crippen molar-refractivity contribution >= 4 is 17.7 Å². The summed E-state index contributed by atoms with van der Waals surface area (Å²) >= 11 is 0. The molecule has 0 aliphatic carbocycles. The maximum atomic E-state index is 12.6. The number of nitrogens with one attached hydrogen (secondary N) is 3. The highest BCUT2D eigenvalue weighted by Crippen LogP contribution is 2.05. The molecule has 2 aromatic rings. The second kappa shape index (κ2) is 10.8. The van der Waals surface area contributed by atoms with E-state index in [4.69, 9.17) is 0 Å². The minimum Gasteiger partial charge on any atom is -0.355 e. The lowest BCUT2D eigenvalue weighted by Crippen LogP contribution is -2.50. The van der Waals surface area contributed by atoms with Gasteiger partial charge in [0.25, 0.3) is 5.91 Å². The van der Waals surface area contributed by atoms with Crippen molar-refractivity contribution in [3.8, 4) is 0 Å². The van der Waals surface area contributed by atoms with Gasteiger partial charge in [-0.1, -0.05) is 55.5 Å². The van der Waals surface area contributed by atoms with Crippen LogP contribution in [0.15, 0.2) is 60.7 Å². The van der Waals surface area contributed by atoms with Crippen molar-refractivity contribution in [3.63, 3.8) is 0 Å². The van der Waals surface area contributed by atoms with Crippen LogP contribution >= 0.6 is 0 Å². The third kappa shape index (κ3) is 6.93. The number of rotatable bonds is 9. The molecule has 27 heavy (non-hydrogen) atoms. The van der Waals surface area contributed by atoms with Crippen molar-refractivity contribution in [2.24, 2.45) is 0 Å². The van der Waals surface area contributed by atoms with Gasteiger partial charge < -0.3 is 16.0 Å². The molecule has 0 aliphatic heterocycles. The summed E-state index contributed by atoms with van der Waals surface area (Å²) in [7, 11) is 0. The van der Waals surface area contributed by atoms with Gasteiger partial charge in [0.2, 0.25) is 11.8 Å². The Labute approximate surface area is 159 Å². The van der Waals surface area contributed by atoms with Crippen LogP contribution in [-0.4, -0.2) is 36.9 Å². The van der Waals surface area contributed by atoms with Crippen molar-refractivity contribution in [1.82, 2.24) is 16.0 Å². The van der Waals surface area contributed by atoms with E-state index in [-0.39, 0.29) is 18.4 Å². The lowest BCUT2D eigenvalue weighted by Gasteiger charge is -2.19. The van der Waals surface area contributed by atoms with E-state index in [0.717, 1.165) is 12.0 Å². The SMILES string of the molecule is CCCNC(=O)CNC(=O)[C@@H](Cc1ccccc1)NC(=O)c1ccccc1. The Bertz CT molecular complexity index is 748. The summed E-state index contributed by atoms with van der Waals surface area (Å²) in [5, 5.41) is 8.07. The molecule has 0 spiro atoms. The van der Waals surface area contributed by atoms with Crippen LogP contribution in [0.1, 0.15) is 29.3 Å². The quantitative estimate of drug-likeness (QED) is 0.630. The van der Waals surface area contributed by atoms with Crippen molar-refractivity contribution in [3.05, 3.63) is 71.8 Å². The third-order valence-corrected chi connectivity index (χ3v) is 3.94. The van der Waals surface area contributed by atoms with Crippen LogP contribution in [0.25, 0.3) is 0 Å². The lowest BCUT2D eigenvalue weighted by molar-refractivity contribution is -0.127. The molecule has 0 aliphatic rings. The second-order valence-corrected chi connectivity index (χ2v) is 6.15. The first-order valence-electron chi connectivity index (χ1n) is 9.04. The zero-order valence-corrected chi connectivity index (χ0v) is 15.4. The van der Waals surface area contributed by atoms with E-state index in [2.05, 4.69) is 16.0 Å². The Kier molecular flexibility index (Phi) is 8.03. The highest BCUT2D eigenvalue weighted by Gasteiger charge is 2.22. The van der Waals surface area contributed by atoms with Crippen molar-refractivity contribution < 1.29 is 14.4 Å². The molecule has 0 fully saturated rings. The first-order valence-corrected chi connectivity index (χ1v) is 9.04. The highest BCUT2D eigenvalue weighted by atomic mass is 16.2. The zero-order valence-electron chi connectivity index (χ0n) is 15.4. The summed E-state index contributed by atoms with van der Waals surface area (Å²) in [4.78, 5) is 36.8. The monoisotopic (exact) mass is 367 g/mol. The number of hydrogen-bond donors (Lipinski definition) is 3. The largest absolute Gasteiger partial charge is 0.355 e. The summed E-state index contributed by atoms with van der Waals surface area (Å²) < 4.78 is 0. The number of amides is 3. The predicted octanol–water partition coefficient (Wildman–Crippen LogP) is 1.67. The molecule has 0 bridgehead atoms. The number of carbonyl (C=O) groups is 3. The van der Waals surface area contributed by atoms with Crippen molar-refractivity contribution in [2.75, 3.05) is 13.1 Å². The smallest absolute Gasteiger partial charge is 0.251 e. The molecule has 1 atom stereocenters. The Morgan fingerprint density at radius 1 is 0.889 bits per heavy atom. The molecule has 0 unspecified atom stereocenters.